The molecule has 0 saturated carbocycles. The molecule has 0 nitrogen and oxygen atoms in total. The molecule has 40 valence electrons. The van der Waals surface area contributed by atoms with Crippen molar-refractivity contribution in [3.8, 4) is 0 Å². The van der Waals surface area contributed by atoms with Gasteiger partial charge in [0.05, 0.1) is 0 Å². The molecule has 0 aliphatic rings. The zero-order chi connectivity index (χ0) is 4.50. The third-order valence-electron chi connectivity index (χ3n) is 0. The Balaban J connectivity index is 0. The predicted molar refractivity (Wildman–Crippen MR) is 45.1 cm³/mol. The van der Waals surface area contributed by atoms with Gasteiger partial charge in [-0.3, -0.25) is 0 Å². The Morgan fingerprint density at radius 1 is 1.17 bits per heavy atom. The van der Waals surface area contributed by atoms with Gasteiger partial charge in [-0.1, -0.05) is 25.8 Å². The first kappa shape index (κ1) is 10.0. The van der Waals surface area contributed by atoms with Gasteiger partial charge in [0.2, 0.25) is 0 Å². The molecule has 0 unspecified atom stereocenters. The minimum atomic E-state index is 0. The summed E-state index contributed by atoms with van der Waals surface area (Å²) in [6.45, 7) is 6.75. The largest absolute Gasteiger partial charge is 0.107 e. The van der Waals surface area contributed by atoms with Crippen molar-refractivity contribution < 1.29 is 0 Å². The number of halogens is 1. The summed E-state index contributed by atoms with van der Waals surface area (Å²) in [5, 5.41) is 0.639. The van der Waals surface area contributed by atoms with Gasteiger partial charge in [-0.25, -0.2) is 0 Å². The van der Waals surface area contributed by atoms with Crippen LogP contribution < -0.4 is 0 Å². The summed E-state index contributed by atoms with van der Waals surface area (Å²) in [7, 11) is 1.31. The maximum Gasteiger partial charge on any atom is 0.00959 e. The molecule has 6 heavy (non-hydrogen) atoms. The van der Waals surface area contributed by atoms with Crippen LogP contribution in [0.15, 0.2) is 0 Å². The molecular formula is C4H13ISi. The van der Waals surface area contributed by atoms with E-state index in [1.165, 1.54) is 10.2 Å². The average molecular weight is 216 g/mol. The fourth-order valence-electron chi connectivity index (χ4n) is 0. The minimum Gasteiger partial charge on any atom is -0.107 e. The Hall–Kier alpha value is 0.947. The number of hydrogen-bond acceptors (Lipinski definition) is 0. The standard InChI is InChI=1S/C4H12Si.HI/c1-4(2,3)5;/h1-3,5H3;1H. The predicted octanol–water partition coefficient (Wildman–Crippen LogP) is 1.19. The molecule has 0 heterocycles. The summed E-state index contributed by atoms with van der Waals surface area (Å²) in [5.41, 5.74) is 0. The van der Waals surface area contributed by atoms with E-state index in [2.05, 4.69) is 20.8 Å². The van der Waals surface area contributed by atoms with Gasteiger partial charge >= 0.3 is 0 Å². The van der Waals surface area contributed by atoms with Crippen molar-refractivity contribution in [1.29, 1.82) is 0 Å². The molecule has 0 fully saturated rings. The lowest BCUT2D eigenvalue weighted by atomic mass is 10.3. The Bertz CT molecular complexity index is 23.0. The smallest absolute Gasteiger partial charge is 0.00959 e. The van der Waals surface area contributed by atoms with Gasteiger partial charge in [0.25, 0.3) is 0 Å². The molecule has 0 aromatic heterocycles. The zero-order valence-electron chi connectivity index (χ0n) is 4.91. The summed E-state index contributed by atoms with van der Waals surface area (Å²) in [6.07, 6.45) is 0. The van der Waals surface area contributed by atoms with Gasteiger partial charge in [0.15, 0.2) is 0 Å². The Morgan fingerprint density at radius 3 is 1.17 bits per heavy atom. The zero-order valence-corrected chi connectivity index (χ0v) is 9.24. The number of rotatable bonds is 0. The van der Waals surface area contributed by atoms with Crippen LogP contribution in [0.25, 0.3) is 0 Å². The van der Waals surface area contributed by atoms with Crippen LogP contribution in [0.4, 0.5) is 0 Å². The van der Waals surface area contributed by atoms with E-state index in [0.717, 1.165) is 0 Å². The maximum absolute atomic E-state index is 2.25. The van der Waals surface area contributed by atoms with Crippen LogP contribution in [0.3, 0.4) is 0 Å². The second-order valence-electron chi connectivity index (χ2n) is 3.00. The summed E-state index contributed by atoms with van der Waals surface area (Å²) < 4.78 is 0. The molecule has 0 aliphatic carbocycles. The van der Waals surface area contributed by atoms with Gasteiger partial charge in [-0.15, -0.1) is 24.0 Å². The van der Waals surface area contributed by atoms with Crippen molar-refractivity contribution in [3.63, 3.8) is 0 Å². The van der Waals surface area contributed by atoms with Gasteiger partial charge in [0.1, 0.15) is 0 Å². The topological polar surface area (TPSA) is 0 Å². The fraction of sp³-hybridized carbons (Fsp3) is 1.00. The van der Waals surface area contributed by atoms with Gasteiger partial charge in [-0.2, -0.15) is 0 Å². The van der Waals surface area contributed by atoms with E-state index in [9.17, 15) is 0 Å². The van der Waals surface area contributed by atoms with E-state index in [4.69, 9.17) is 0 Å². The highest BCUT2D eigenvalue weighted by Crippen LogP contribution is 2.13. The van der Waals surface area contributed by atoms with Crippen LogP contribution in [-0.2, 0) is 0 Å². The molecule has 0 aliphatic heterocycles. The SMILES string of the molecule is CC(C)(C)[SiH3].I. The van der Waals surface area contributed by atoms with Crippen molar-refractivity contribution in [1.82, 2.24) is 0 Å². The van der Waals surface area contributed by atoms with Gasteiger partial charge in [0, 0.05) is 10.2 Å². The van der Waals surface area contributed by atoms with Crippen LogP contribution >= 0.6 is 24.0 Å². The second kappa shape index (κ2) is 3.02. The summed E-state index contributed by atoms with van der Waals surface area (Å²) in [6, 6.07) is 0. The molecule has 0 radical (unpaired) electrons. The van der Waals surface area contributed by atoms with E-state index in [1.807, 2.05) is 0 Å². The van der Waals surface area contributed by atoms with E-state index in [1.54, 1.807) is 0 Å². The molecule has 0 amide bonds. The second-order valence-corrected chi connectivity index (χ2v) is 6.00. The fourth-order valence-corrected chi connectivity index (χ4v) is 0. The van der Waals surface area contributed by atoms with Crippen LogP contribution in [0.2, 0.25) is 5.04 Å². The van der Waals surface area contributed by atoms with Crippen LogP contribution in [0, 0.1) is 0 Å². The quantitative estimate of drug-likeness (QED) is 0.421. The lowest BCUT2D eigenvalue weighted by Gasteiger charge is -2.05. The van der Waals surface area contributed by atoms with E-state index in [-0.39, 0.29) is 24.0 Å². The van der Waals surface area contributed by atoms with E-state index < -0.39 is 0 Å². The molecule has 0 N–H and O–H groups in total. The normalized spacial score (nSPS) is 10.5. The molecule has 0 atom stereocenters. The van der Waals surface area contributed by atoms with Crippen molar-refractivity contribution in [3.05, 3.63) is 0 Å². The summed E-state index contributed by atoms with van der Waals surface area (Å²) in [5.74, 6) is 0. The molecule has 0 aromatic rings. The lowest BCUT2D eigenvalue weighted by Crippen LogP contribution is -1.90. The molecule has 0 aromatic carbocycles. The molecule has 0 rings (SSSR count). The van der Waals surface area contributed by atoms with Crippen LogP contribution in [0.1, 0.15) is 20.8 Å². The maximum atomic E-state index is 2.25. The van der Waals surface area contributed by atoms with Gasteiger partial charge < -0.3 is 0 Å². The molecule has 0 spiro atoms. The van der Waals surface area contributed by atoms with E-state index >= 15 is 0 Å². The third kappa shape index (κ3) is 86.0. The minimum absolute atomic E-state index is 0. The van der Waals surface area contributed by atoms with Crippen LogP contribution in [0.5, 0.6) is 0 Å². The van der Waals surface area contributed by atoms with Crippen molar-refractivity contribution in [2.75, 3.05) is 0 Å². The van der Waals surface area contributed by atoms with E-state index in [0.29, 0.717) is 5.04 Å². The molecule has 0 saturated heterocycles. The Kier molecular flexibility index (Phi) is 5.05. The monoisotopic (exact) mass is 216 g/mol. The van der Waals surface area contributed by atoms with Crippen LogP contribution in [-0.4, -0.2) is 10.2 Å². The molecular weight excluding hydrogens is 203 g/mol. The first-order valence-corrected chi connectivity index (χ1v) is 3.00. The van der Waals surface area contributed by atoms with Gasteiger partial charge in [-0.05, 0) is 0 Å². The third-order valence-corrected chi connectivity index (χ3v) is 0. The highest BCUT2D eigenvalue weighted by atomic mass is 127. The first-order valence-electron chi connectivity index (χ1n) is 2.00. The Morgan fingerprint density at radius 2 is 1.17 bits per heavy atom. The van der Waals surface area contributed by atoms with Crippen molar-refractivity contribution in [2.24, 2.45) is 0 Å². The first-order chi connectivity index (χ1) is 2.00. The molecule has 0 bridgehead atoms. The number of hydrogen-bond donors (Lipinski definition) is 0. The van der Waals surface area contributed by atoms with Crippen molar-refractivity contribution in [2.45, 2.75) is 25.8 Å². The summed E-state index contributed by atoms with van der Waals surface area (Å²) in [4.78, 5) is 0. The Labute approximate surface area is 60.1 Å². The highest BCUT2D eigenvalue weighted by molar-refractivity contribution is 14.0. The average Bonchev–Trinajstić information content (AvgIpc) is 0.722. The van der Waals surface area contributed by atoms with Crippen molar-refractivity contribution >= 4 is 34.2 Å². The lowest BCUT2D eigenvalue weighted by molar-refractivity contribution is 0.767. The highest BCUT2D eigenvalue weighted by Gasteiger charge is 1.95. The summed E-state index contributed by atoms with van der Waals surface area (Å²) >= 11 is 0. The molecule has 2 heteroatoms.